The number of aliphatic imine (C=N–C) groups is 1. The predicted octanol–water partition coefficient (Wildman–Crippen LogP) is -1.48. The number of benzene rings is 3. The van der Waals surface area contributed by atoms with Gasteiger partial charge in [0, 0.05) is 56.4 Å². The lowest BCUT2D eigenvalue weighted by molar-refractivity contribution is -0.142. The Morgan fingerprint density at radius 2 is 1.30 bits per heavy atom. The second kappa shape index (κ2) is 29.3. The molecule has 1 aromatic heterocycles. The van der Waals surface area contributed by atoms with E-state index in [-0.39, 0.29) is 63.3 Å². The van der Waals surface area contributed by atoms with Gasteiger partial charge in [-0.3, -0.25) is 43.3 Å². The summed E-state index contributed by atoms with van der Waals surface area (Å²) in [6.07, 6.45) is -0.171. The number of amides is 7. The van der Waals surface area contributed by atoms with Crippen molar-refractivity contribution >= 4 is 70.2 Å². The SMILES string of the molecule is CC(=O)O.C[C@@H](O)[C@H](NC(=O)[C@H](Cc1c[nH]c2ccccc12)NC(=O)[C@@H]1CCCN1C(=O)[C@@H](N)Cc1ccc(O)cc1)C(=O)N[C@@H](CCC(N)=O)C(=O)N[C@@H](CCCN=C(N)N)C(=O)N[C@@H](Cc1ccccc1)C(=O)O. The van der Waals surface area contributed by atoms with E-state index in [1.165, 1.54) is 24.0 Å². The zero-order valence-corrected chi connectivity index (χ0v) is 42.1. The van der Waals surface area contributed by atoms with Crippen molar-refractivity contribution in [2.45, 2.75) is 120 Å². The molecule has 25 heteroatoms. The minimum Gasteiger partial charge on any atom is -0.508 e. The number of aliphatic hydroxyl groups is 1. The van der Waals surface area contributed by atoms with Gasteiger partial charge in [-0.05, 0) is 80.3 Å². The second-order valence-electron chi connectivity index (χ2n) is 18.2. The highest BCUT2D eigenvalue weighted by atomic mass is 16.4. The van der Waals surface area contributed by atoms with E-state index < -0.39 is 115 Å². The van der Waals surface area contributed by atoms with Crippen LogP contribution < -0.4 is 49.5 Å². The lowest BCUT2D eigenvalue weighted by atomic mass is 10.0. The average molecular weight is 1060 g/mol. The number of aromatic nitrogens is 1. The first-order chi connectivity index (χ1) is 36.0. The number of primary amides is 1. The normalized spacial score (nSPS) is 15.6. The number of carbonyl (C=O) groups is 9. The van der Waals surface area contributed by atoms with Gasteiger partial charge in [-0.25, -0.2) is 4.79 Å². The number of aliphatic carboxylic acids is 2. The standard InChI is InChI=1S/C49H64N12O11.C2H4O2/c1-27(62)41(46(69)57-36(19-20-40(51)64)43(66)56-35(13-7-21-54-49(52)53)42(65)59-38(48(71)72)24-28-9-3-2-4-10-28)60-44(67)37(25-30-26-55-34-12-6-5-11-32(30)34)58-45(68)39-14-8-22-61(39)47(70)33(50)23-29-15-17-31(63)18-16-29;1-2(3)4/h2-6,9-12,15-18,26-27,33,35-39,41,55,62-63H,7-8,13-14,19-25,50H2,1H3,(H2,51,64)(H,56,66)(H,57,69)(H,58,68)(H,59,65)(H,60,67)(H,71,72)(H4,52,53,54);1H3,(H,3,4)/t27-,33+,35+,36+,37+,38+,39+,41+;/m1./s1. The number of H-pyrrole nitrogens is 1. The quantitative estimate of drug-likeness (QED) is 0.0194. The lowest BCUT2D eigenvalue weighted by Crippen LogP contribution is -2.62. The number of carboxylic acid groups (broad SMARTS) is 2. The summed E-state index contributed by atoms with van der Waals surface area (Å²) in [5.74, 6) is -8.30. The summed E-state index contributed by atoms with van der Waals surface area (Å²) >= 11 is 0. The van der Waals surface area contributed by atoms with Gasteiger partial charge < -0.3 is 79.8 Å². The van der Waals surface area contributed by atoms with Crippen molar-refractivity contribution in [2.75, 3.05) is 13.1 Å². The van der Waals surface area contributed by atoms with Crippen LogP contribution in [0.15, 0.2) is 90.1 Å². The maximum atomic E-state index is 14.4. The van der Waals surface area contributed by atoms with Gasteiger partial charge in [0.15, 0.2) is 5.96 Å². The van der Waals surface area contributed by atoms with Crippen LogP contribution in [0.3, 0.4) is 0 Å². The highest BCUT2D eigenvalue weighted by Crippen LogP contribution is 2.23. The Balaban J connectivity index is 0.00000301. The number of hydrogen-bond donors (Lipinski definition) is 14. The molecule has 76 heavy (non-hydrogen) atoms. The van der Waals surface area contributed by atoms with Crippen LogP contribution in [0.1, 0.15) is 69.1 Å². The van der Waals surface area contributed by atoms with Gasteiger partial charge in [-0.15, -0.1) is 0 Å². The molecule has 0 bridgehead atoms. The summed E-state index contributed by atoms with van der Waals surface area (Å²) in [5.41, 5.74) is 25.3. The summed E-state index contributed by atoms with van der Waals surface area (Å²) in [4.78, 5) is 126. The van der Waals surface area contributed by atoms with E-state index in [4.69, 9.17) is 32.8 Å². The van der Waals surface area contributed by atoms with Gasteiger partial charge in [0.2, 0.25) is 41.4 Å². The lowest BCUT2D eigenvalue weighted by Gasteiger charge is -2.30. The van der Waals surface area contributed by atoms with Gasteiger partial charge in [0.05, 0.1) is 12.1 Å². The van der Waals surface area contributed by atoms with Crippen molar-refractivity contribution in [3.8, 4) is 5.75 Å². The van der Waals surface area contributed by atoms with Crippen LogP contribution in [0.25, 0.3) is 10.9 Å². The van der Waals surface area contributed by atoms with Gasteiger partial charge in [0.25, 0.3) is 5.97 Å². The molecule has 2 heterocycles. The highest BCUT2D eigenvalue weighted by Gasteiger charge is 2.39. The third-order valence-electron chi connectivity index (χ3n) is 12.1. The summed E-state index contributed by atoms with van der Waals surface area (Å²) in [6.45, 7) is 2.53. The van der Waals surface area contributed by atoms with E-state index in [1.54, 1.807) is 60.8 Å². The fourth-order valence-corrected chi connectivity index (χ4v) is 8.33. The van der Waals surface area contributed by atoms with Crippen LogP contribution in [0.5, 0.6) is 5.75 Å². The Morgan fingerprint density at radius 1 is 0.724 bits per heavy atom. The fourth-order valence-electron chi connectivity index (χ4n) is 8.33. The molecule has 8 atom stereocenters. The molecule has 3 aromatic carbocycles. The molecule has 410 valence electrons. The number of aromatic hydroxyl groups is 1. The molecule has 7 amide bonds. The number of fused-ring (bicyclic) bond motifs is 1. The average Bonchev–Trinajstić information content (AvgIpc) is 4.03. The number of guanidine groups is 1. The van der Waals surface area contributed by atoms with E-state index >= 15 is 0 Å². The number of nitrogens with one attached hydrogen (secondary N) is 6. The number of nitrogens with zero attached hydrogens (tertiary/aromatic N) is 2. The van der Waals surface area contributed by atoms with E-state index in [9.17, 15) is 53.7 Å². The zero-order valence-electron chi connectivity index (χ0n) is 42.1. The predicted molar refractivity (Wildman–Crippen MR) is 277 cm³/mol. The second-order valence-corrected chi connectivity index (χ2v) is 18.2. The minimum atomic E-state index is -1.78. The number of likely N-dealkylation sites (tertiary alicyclic amines) is 1. The van der Waals surface area contributed by atoms with Gasteiger partial charge in [0.1, 0.15) is 42.0 Å². The van der Waals surface area contributed by atoms with Crippen LogP contribution in [0, 0.1) is 0 Å². The maximum Gasteiger partial charge on any atom is 0.326 e. The molecule has 0 aliphatic carbocycles. The van der Waals surface area contributed by atoms with Crippen molar-refractivity contribution < 1.29 is 63.6 Å². The van der Waals surface area contributed by atoms with E-state index in [0.29, 0.717) is 23.1 Å². The van der Waals surface area contributed by atoms with E-state index in [2.05, 4.69) is 36.6 Å². The molecule has 0 spiro atoms. The van der Waals surface area contributed by atoms with Crippen molar-refractivity contribution in [1.82, 2.24) is 36.5 Å². The van der Waals surface area contributed by atoms with Gasteiger partial charge in [-0.1, -0.05) is 60.7 Å². The molecular formula is C51H68N12O13. The number of hydrogen-bond acceptors (Lipinski definition) is 13. The number of carboxylic acids is 2. The van der Waals surface area contributed by atoms with Crippen LogP contribution in [0.2, 0.25) is 0 Å². The van der Waals surface area contributed by atoms with E-state index in [0.717, 1.165) is 17.8 Å². The Bertz CT molecular complexity index is 2670. The van der Waals surface area contributed by atoms with Crippen molar-refractivity contribution in [2.24, 2.45) is 27.9 Å². The number of nitrogens with two attached hydrogens (primary N) is 4. The summed E-state index contributed by atoms with van der Waals surface area (Å²) < 4.78 is 0. The zero-order chi connectivity index (χ0) is 56.1. The molecule has 0 unspecified atom stereocenters. The Morgan fingerprint density at radius 3 is 1.92 bits per heavy atom. The van der Waals surface area contributed by atoms with Crippen molar-refractivity contribution in [3.05, 3.63) is 102 Å². The molecule has 4 aromatic rings. The molecule has 1 fully saturated rings. The first-order valence-electron chi connectivity index (χ1n) is 24.4. The third kappa shape index (κ3) is 19.0. The summed E-state index contributed by atoms with van der Waals surface area (Å²) in [7, 11) is 0. The maximum absolute atomic E-state index is 14.4. The van der Waals surface area contributed by atoms with Crippen LogP contribution in [-0.4, -0.2) is 151 Å². The fraction of sp³-hybridized carbons (Fsp3) is 0.412. The third-order valence-corrected chi connectivity index (χ3v) is 12.1. The molecular weight excluding hydrogens is 989 g/mol. The van der Waals surface area contributed by atoms with Crippen molar-refractivity contribution in [3.63, 3.8) is 0 Å². The molecule has 1 saturated heterocycles. The molecule has 1 aliphatic heterocycles. The smallest absolute Gasteiger partial charge is 0.326 e. The topological polar surface area (TPSA) is 430 Å². The number of carbonyl (C=O) groups excluding carboxylic acids is 7. The van der Waals surface area contributed by atoms with Crippen molar-refractivity contribution in [1.29, 1.82) is 0 Å². The number of phenols is 1. The van der Waals surface area contributed by atoms with Crippen LogP contribution in [-0.2, 0) is 62.4 Å². The van der Waals surface area contributed by atoms with E-state index in [1.807, 2.05) is 12.1 Å². The highest BCUT2D eigenvalue weighted by molar-refractivity contribution is 5.98. The molecule has 1 aliphatic rings. The van der Waals surface area contributed by atoms with Crippen LogP contribution in [0.4, 0.5) is 0 Å². The number of phenolic OH excluding ortho intramolecular Hbond substituents is 1. The Hall–Kier alpha value is -8.58. The first-order valence-corrected chi connectivity index (χ1v) is 24.4. The monoisotopic (exact) mass is 1060 g/mol. The number of para-hydroxylation sites is 1. The summed E-state index contributed by atoms with van der Waals surface area (Å²) in [5, 5.41) is 51.5. The summed E-state index contributed by atoms with van der Waals surface area (Å²) in [6, 6.07) is 12.3. The first kappa shape index (κ1) is 60.0. The number of aromatic amines is 1. The number of rotatable bonds is 26. The minimum absolute atomic E-state index is 0.0288. The molecule has 5 rings (SSSR count). The van der Waals surface area contributed by atoms with Gasteiger partial charge in [-0.2, -0.15) is 0 Å². The molecule has 0 saturated carbocycles. The number of aliphatic hydroxyl groups excluding tert-OH is 1. The molecule has 18 N–H and O–H groups in total. The van der Waals surface area contributed by atoms with Gasteiger partial charge >= 0.3 is 5.97 Å². The Labute approximate surface area is 437 Å². The Kier molecular flexibility index (Phi) is 23.2. The largest absolute Gasteiger partial charge is 0.508 e. The molecule has 0 radical (unpaired) electrons. The van der Waals surface area contributed by atoms with Crippen LogP contribution >= 0.6 is 0 Å². The molecule has 25 nitrogen and oxygen atoms in total.